The van der Waals surface area contributed by atoms with Gasteiger partial charge in [0.15, 0.2) is 0 Å². The first-order chi connectivity index (χ1) is 11.0. The zero-order chi connectivity index (χ0) is 16.4. The van der Waals surface area contributed by atoms with Crippen LogP contribution >= 0.6 is 11.6 Å². The highest BCUT2D eigenvalue weighted by atomic mass is 35.5. The van der Waals surface area contributed by atoms with Crippen LogP contribution in [0, 0.1) is 6.92 Å². The molecule has 23 heavy (non-hydrogen) atoms. The second-order valence-corrected chi connectivity index (χ2v) is 6.03. The van der Waals surface area contributed by atoms with Gasteiger partial charge in [0.2, 0.25) is 5.91 Å². The third-order valence-electron chi connectivity index (χ3n) is 3.88. The average molecular weight is 333 g/mol. The molecule has 1 saturated heterocycles. The summed E-state index contributed by atoms with van der Waals surface area (Å²) in [6.45, 7) is 3.85. The van der Waals surface area contributed by atoms with E-state index in [1.165, 1.54) is 11.8 Å². The van der Waals surface area contributed by atoms with E-state index in [9.17, 15) is 9.59 Å². The van der Waals surface area contributed by atoms with Crippen molar-refractivity contribution in [1.82, 2.24) is 15.1 Å². The van der Waals surface area contributed by atoms with E-state index >= 15 is 0 Å². The van der Waals surface area contributed by atoms with Gasteiger partial charge in [-0.05, 0) is 12.5 Å². The second kappa shape index (κ2) is 6.42. The van der Waals surface area contributed by atoms with E-state index in [0.717, 1.165) is 5.56 Å². The number of amides is 1. The van der Waals surface area contributed by atoms with Crippen LogP contribution in [0.2, 0.25) is 5.02 Å². The summed E-state index contributed by atoms with van der Waals surface area (Å²) in [7, 11) is 0. The van der Waals surface area contributed by atoms with E-state index in [0.29, 0.717) is 25.3 Å². The number of nitrogens with one attached hydrogen (secondary N) is 1. The molecule has 1 N–H and O–H groups in total. The SMILES string of the molecule is Cc1cccc(CN2CCN(c3c(Cl)cn[nH]c3=O)CC2=O)c1. The summed E-state index contributed by atoms with van der Waals surface area (Å²) in [4.78, 5) is 27.8. The number of carbonyl (C=O) groups excluding carboxylic acids is 1. The first kappa shape index (κ1) is 15.6. The number of halogens is 1. The predicted octanol–water partition coefficient (Wildman–Crippen LogP) is 1.58. The normalized spacial score (nSPS) is 15.1. The fourth-order valence-corrected chi connectivity index (χ4v) is 3.02. The maximum Gasteiger partial charge on any atom is 0.289 e. The molecule has 120 valence electrons. The highest BCUT2D eigenvalue weighted by Crippen LogP contribution is 2.22. The monoisotopic (exact) mass is 332 g/mol. The van der Waals surface area contributed by atoms with Crippen LogP contribution in [0.4, 0.5) is 5.69 Å². The first-order valence-corrected chi connectivity index (χ1v) is 7.74. The summed E-state index contributed by atoms with van der Waals surface area (Å²) in [6.07, 6.45) is 1.38. The molecule has 3 rings (SSSR count). The topological polar surface area (TPSA) is 69.3 Å². The number of H-pyrrole nitrogens is 1. The molecular weight excluding hydrogens is 316 g/mol. The van der Waals surface area contributed by atoms with Crippen molar-refractivity contribution in [3.8, 4) is 0 Å². The Kier molecular flexibility index (Phi) is 4.34. The van der Waals surface area contributed by atoms with Gasteiger partial charge >= 0.3 is 0 Å². The van der Waals surface area contributed by atoms with Crippen LogP contribution in [-0.2, 0) is 11.3 Å². The lowest BCUT2D eigenvalue weighted by Gasteiger charge is -2.35. The molecule has 1 aliphatic rings. The minimum absolute atomic E-state index is 0.0231. The first-order valence-electron chi connectivity index (χ1n) is 7.36. The quantitative estimate of drug-likeness (QED) is 0.926. The smallest absolute Gasteiger partial charge is 0.289 e. The van der Waals surface area contributed by atoms with Crippen molar-refractivity contribution in [2.24, 2.45) is 0 Å². The molecule has 0 atom stereocenters. The number of nitrogens with zero attached hydrogens (tertiary/aromatic N) is 3. The number of carbonyl (C=O) groups is 1. The zero-order valence-electron chi connectivity index (χ0n) is 12.8. The van der Waals surface area contributed by atoms with E-state index in [1.54, 1.807) is 9.80 Å². The summed E-state index contributed by atoms with van der Waals surface area (Å²) >= 11 is 6.05. The van der Waals surface area contributed by atoms with Gasteiger partial charge < -0.3 is 9.80 Å². The fraction of sp³-hybridized carbons (Fsp3) is 0.312. The molecule has 7 heteroatoms. The highest BCUT2D eigenvalue weighted by Gasteiger charge is 2.27. The van der Waals surface area contributed by atoms with Crippen LogP contribution in [0.3, 0.4) is 0 Å². The summed E-state index contributed by atoms with van der Waals surface area (Å²) in [5, 5.41) is 6.26. The van der Waals surface area contributed by atoms with Crippen LogP contribution in [0.15, 0.2) is 35.3 Å². The molecule has 1 aromatic heterocycles. The maximum absolute atomic E-state index is 12.4. The highest BCUT2D eigenvalue weighted by molar-refractivity contribution is 6.33. The van der Waals surface area contributed by atoms with Gasteiger partial charge in [-0.2, -0.15) is 5.10 Å². The number of anilines is 1. The van der Waals surface area contributed by atoms with Gasteiger partial charge in [-0.3, -0.25) is 9.59 Å². The molecule has 2 heterocycles. The third-order valence-corrected chi connectivity index (χ3v) is 4.15. The van der Waals surface area contributed by atoms with Gasteiger partial charge in [-0.15, -0.1) is 0 Å². The molecule has 1 fully saturated rings. The molecule has 0 radical (unpaired) electrons. The molecule has 0 bridgehead atoms. The minimum Gasteiger partial charge on any atom is -0.355 e. The number of aryl methyl sites for hydroxylation is 1. The van der Waals surface area contributed by atoms with Crippen LogP contribution in [0.5, 0.6) is 0 Å². The molecule has 2 aromatic rings. The van der Waals surface area contributed by atoms with Crippen LogP contribution in [0.25, 0.3) is 0 Å². The number of hydrogen-bond donors (Lipinski definition) is 1. The number of hydrogen-bond acceptors (Lipinski definition) is 4. The van der Waals surface area contributed by atoms with Crippen molar-refractivity contribution >= 4 is 23.2 Å². The molecule has 0 unspecified atom stereocenters. The molecule has 0 aliphatic carbocycles. The number of piperazine rings is 1. The van der Waals surface area contributed by atoms with Crippen molar-refractivity contribution in [2.75, 3.05) is 24.5 Å². The van der Waals surface area contributed by atoms with E-state index in [-0.39, 0.29) is 23.0 Å². The lowest BCUT2D eigenvalue weighted by molar-refractivity contribution is -0.131. The van der Waals surface area contributed by atoms with Gasteiger partial charge in [0.1, 0.15) is 5.69 Å². The summed E-state index contributed by atoms with van der Waals surface area (Å²) in [5.41, 5.74) is 2.21. The van der Waals surface area contributed by atoms with Crippen molar-refractivity contribution in [3.63, 3.8) is 0 Å². The minimum atomic E-state index is -0.377. The molecule has 1 aliphatic heterocycles. The zero-order valence-corrected chi connectivity index (χ0v) is 13.5. The summed E-state index contributed by atoms with van der Waals surface area (Å²) in [6, 6.07) is 8.10. The average Bonchev–Trinajstić information content (AvgIpc) is 2.50. The number of aromatic amines is 1. The van der Waals surface area contributed by atoms with E-state index in [2.05, 4.69) is 16.3 Å². The Bertz CT molecular complexity index is 790. The van der Waals surface area contributed by atoms with E-state index in [4.69, 9.17) is 11.6 Å². The molecule has 1 aromatic carbocycles. The Labute approximate surface area is 138 Å². The lowest BCUT2D eigenvalue weighted by Crippen LogP contribution is -2.51. The van der Waals surface area contributed by atoms with Gasteiger partial charge in [0.25, 0.3) is 5.56 Å². The van der Waals surface area contributed by atoms with Crippen molar-refractivity contribution in [2.45, 2.75) is 13.5 Å². The van der Waals surface area contributed by atoms with Gasteiger partial charge in [0, 0.05) is 19.6 Å². The Morgan fingerprint density at radius 3 is 2.83 bits per heavy atom. The van der Waals surface area contributed by atoms with Gasteiger partial charge in [-0.25, -0.2) is 5.10 Å². The van der Waals surface area contributed by atoms with Crippen molar-refractivity contribution in [1.29, 1.82) is 0 Å². The van der Waals surface area contributed by atoms with Crippen molar-refractivity contribution in [3.05, 3.63) is 57.0 Å². The largest absolute Gasteiger partial charge is 0.355 e. The number of rotatable bonds is 3. The van der Waals surface area contributed by atoms with Gasteiger partial charge in [0.05, 0.1) is 17.8 Å². The maximum atomic E-state index is 12.4. The van der Waals surface area contributed by atoms with Crippen LogP contribution < -0.4 is 10.5 Å². The molecular formula is C16H17ClN4O2. The summed E-state index contributed by atoms with van der Waals surface area (Å²) in [5.74, 6) is -0.0231. The molecule has 1 amide bonds. The van der Waals surface area contributed by atoms with E-state index in [1.807, 2.05) is 25.1 Å². The number of benzene rings is 1. The van der Waals surface area contributed by atoms with Crippen molar-refractivity contribution < 1.29 is 4.79 Å². The summed E-state index contributed by atoms with van der Waals surface area (Å²) < 4.78 is 0. The third kappa shape index (κ3) is 3.37. The number of aromatic nitrogens is 2. The Hall–Kier alpha value is -2.34. The lowest BCUT2D eigenvalue weighted by atomic mass is 10.1. The molecule has 6 nitrogen and oxygen atoms in total. The molecule has 0 spiro atoms. The molecule has 0 saturated carbocycles. The Morgan fingerprint density at radius 1 is 1.30 bits per heavy atom. The fourth-order valence-electron chi connectivity index (χ4n) is 2.76. The standard InChI is InChI=1S/C16H17ClN4O2/c1-11-3-2-4-12(7-11)9-20-5-6-21(10-14(20)22)15-13(17)8-18-19-16(15)23/h2-4,7-8H,5-6,9-10H2,1H3,(H,19,23). The Morgan fingerprint density at radius 2 is 2.13 bits per heavy atom. The van der Waals surface area contributed by atoms with Crippen LogP contribution in [-0.4, -0.2) is 40.6 Å². The van der Waals surface area contributed by atoms with E-state index < -0.39 is 0 Å². The Balaban J connectivity index is 1.73. The van der Waals surface area contributed by atoms with Crippen LogP contribution in [0.1, 0.15) is 11.1 Å². The van der Waals surface area contributed by atoms with Gasteiger partial charge in [-0.1, -0.05) is 41.4 Å². The predicted molar refractivity (Wildman–Crippen MR) is 88.7 cm³/mol. The second-order valence-electron chi connectivity index (χ2n) is 5.62.